The van der Waals surface area contributed by atoms with E-state index in [9.17, 15) is 14.7 Å². The van der Waals surface area contributed by atoms with Crippen LogP contribution in [0.2, 0.25) is 0 Å². The zero-order chi connectivity index (χ0) is 19.4. The van der Waals surface area contributed by atoms with Gasteiger partial charge in [-0.15, -0.1) is 0 Å². The summed E-state index contributed by atoms with van der Waals surface area (Å²) >= 11 is 0. The maximum Gasteiger partial charge on any atom is 0.347 e. The molecule has 0 bridgehead atoms. The number of carboxylic acid groups (broad SMARTS) is 1. The van der Waals surface area contributed by atoms with E-state index < -0.39 is 11.6 Å². The van der Waals surface area contributed by atoms with Gasteiger partial charge in [-0.1, -0.05) is 18.2 Å². The second-order valence-electron chi connectivity index (χ2n) is 7.26. The summed E-state index contributed by atoms with van der Waals surface area (Å²) in [5.41, 5.74) is 0.302. The monoisotopic (exact) mass is 368 g/mol. The lowest BCUT2D eigenvalue weighted by Crippen LogP contribution is -2.39. The molecule has 1 aromatic carbocycles. The minimum absolute atomic E-state index is 0.00176. The number of rotatable bonds is 5. The largest absolute Gasteiger partial charge is 0.478 e. The first-order valence-corrected chi connectivity index (χ1v) is 9.09. The van der Waals surface area contributed by atoms with Crippen LogP contribution in [0.5, 0.6) is 5.75 Å². The number of pyridine rings is 1. The molecule has 6 nitrogen and oxygen atoms in total. The van der Waals surface area contributed by atoms with Gasteiger partial charge < -0.3 is 14.7 Å². The molecule has 0 radical (unpaired) electrons. The number of piperidine rings is 1. The molecule has 0 atom stereocenters. The highest BCUT2D eigenvalue weighted by Gasteiger charge is 2.32. The summed E-state index contributed by atoms with van der Waals surface area (Å²) in [6, 6.07) is 11.1. The van der Waals surface area contributed by atoms with E-state index in [-0.39, 0.29) is 11.8 Å². The molecule has 1 N–H and O–H groups in total. The van der Waals surface area contributed by atoms with Crippen molar-refractivity contribution in [3.63, 3.8) is 0 Å². The molecule has 3 rings (SSSR count). The molecular formula is C21H24N2O4. The molecule has 0 saturated carbocycles. The average molecular weight is 368 g/mol. The van der Waals surface area contributed by atoms with Crippen LogP contribution in [0.15, 0.2) is 48.8 Å². The molecule has 0 unspecified atom stereocenters. The number of likely N-dealkylation sites (tertiary alicyclic amines) is 1. The normalized spacial score (nSPS) is 15.4. The number of benzene rings is 1. The summed E-state index contributed by atoms with van der Waals surface area (Å²) in [5.74, 6) is -0.182. The van der Waals surface area contributed by atoms with Crippen LogP contribution in [-0.4, -0.2) is 45.6 Å². The first-order valence-electron chi connectivity index (χ1n) is 9.09. The van der Waals surface area contributed by atoms with Crippen molar-refractivity contribution in [1.29, 1.82) is 0 Å². The fourth-order valence-electron chi connectivity index (χ4n) is 3.29. The van der Waals surface area contributed by atoms with Crippen LogP contribution in [0.25, 0.3) is 0 Å². The van der Waals surface area contributed by atoms with Crippen LogP contribution in [0.4, 0.5) is 0 Å². The zero-order valence-electron chi connectivity index (χ0n) is 15.6. The molecular weight excluding hydrogens is 344 g/mol. The molecule has 0 spiro atoms. The van der Waals surface area contributed by atoms with Gasteiger partial charge in [0, 0.05) is 25.5 Å². The SMILES string of the molecule is CC(C)(Oc1ccccc1C1CCN(C(=O)c2cccnc2)CC1)C(=O)O. The molecule has 1 amide bonds. The van der Waals surface area contributed by atoms with Crippen LogP contribution in [-0.2, 0) is 4.79 Å². The second kappa shape index (κ2) is 7.78. The number of hydrogen-bond acceptors (Lipinski definition) is 4. The van der Waals surface area contributed by atoms with Crippen molar-refractivity contribution >= 4 is 11.9 Å². The molecule has 0 aliphatic carbocycles. The number of aromatic nitrogens is 1. The third-order valence-corrected chi connectivity index (χ3v) is 4.93. The Kier molecular flexibility index (Phi) is 5.44. The van der Waals surface area contributed by atoms with Gasteiger partial charge in [0.2, 0.25) is 0 Å². The van der Waals surface area contributed by atoms with Crippen LogP contribution in [0.1, 0.15) is 48.5 Å². The Labute approximate surface area is 158 Å². The summed E-state index contributed by atoms with van der Waals surface area (Å²) in [6.45, 7) is 4.38. The quantitative estimate of drug-likeness (QED) is 0.875. The summed E-state index contributed by atoms with van der Waals surface area (Å²) < 4.78 is 5.80. The molecule has 2 aromatic rings. The van der Waals surface area contributed by atoms with Crippen molar-refractivity contribution in [3.05, 3.63) is 59.9 Å². The number of carbonyl (C=O) groups excluding carboxylic acids is 1. The van der Waals surface area contributed by atoms with Crippen LogP contribution < -0.4 is 4.74 Å². The van der Waals surface area contributed by atoms with E-state index >= 15 is 0 Å². The van der Waals surface area contributed by atoms with Crippen molar-refractivity contribution in [1.82, 2.24) is 9.88 Å². The summed E-state index contributed by atoms with van der Waals surface area (Å²) in [5, 5.41) is 9.33. The number of ether oxygens (including phenoxy) is 1. The van der Waals surface area contributed by atoms with Gasteiger partial charge >= 0.3 is 5.97 Å². The first-order chi connectivity index (χ1) is 12.9. The Bertz CT molecular complexity index is 812. The van der Waals surface area contributed by atoms with Crippen molar-refractivity contribution < 1.29 is 19.4 Å². The van der Waals surface area contributed by atoms with Gasteiger partial charge in [-0.05, 0) is 56.4 Å². The third kappa shape index (κ3) is 4.27. The summed E-state index contributed by atoms with van der Waals surface area (Å²) in [7, 11) is 0. The van der Waals surface area contributed by atoms with Gasteiger partial charge in [0.15, 0.2) is 5.60 Å². The molecule has 1 saturated heterocycles. The van der Waals surface area contributed by atoms with Crippen LogP contribution in [0, 0.1) is 0 Å². The zero-order valence-corrected chi connectivity index (χ0v) is 15.6. The van der Waals surface area contributed by atoms with Gasteiger partial charge in [0.05, 0.1) is 5.56 Å². The highest BCUT2D eigenvalue weighted by atomic mass is 16.5. The minimum atomic E-state index is -1.30. The Hall–Kier alpha value is -2.89. The Balaban J connectivity index is 1.70. The predicted octanol–water partition coefficient (Wildman–Crippen LogP) is 3.34. The van der Waals surface area contributed by atoms with Crippen molar-refractivity contribution in [2.24, 2.45) is 0 Å². The van der Waals surface area contributed by atoms with E-state index in [1.54, 1.807) is 38.4 Å². The molecule has 142 valence electrons. The standard InChI is InChI=1S/C21H24N2O4/c1-21(2,20(25)26)27-18-8-4-3-7-17(18)15-9-12-23(13-10-15)19(24)16-6-5-11-22-14-16/h3-8,11,14-15H,9-10,12-13H2,1-2H3,(H,25,26). The fourth-order valence-corrected chi connectivity index (χ4v) is 3.29. The maximum absolute atomic E-state index is 12.6. The number of hydrogen-bond donors (Lipinski definition) is 1. The molecule has 1 fully saturated rings. The van der Waals surface area contributed by atoms with E-state index in [0.29, 0.717) is 24.4 Å². The molecule has 1 aromatic heterocycles. The van der Waals surface area contributed by atoms with E-state index in [1.165, 1.54) is 0 Å². The lowest BCUT2D eigenvalue weighted by atomic mass is 9.88. The van der Waals surface area contributed by atoms with Crippen molar-refractivity contribution in [2.75, 3.05) is 13.1 Å². The average Bonchev–Trinajstić information content (AvgIpc) is 2.68. The topological polar surface area (TPSA) is 79.7 Å². The number of aliphatic carboxylic acids is 1. The van der Waals surface area contributed by atoms with Gasteiger partial charge in [-0.25, -0.2) is 4.79 Å². The highest BCUT2D eigenvalue weighted by Crippen LogP contribution is 2.36. The van der Waals surface area contributed by atoms with Gasteiger partial charge in [-0.2, -0.15) is 0 Å². The van der Waals surface area contributed by atoms with E-state index in [4.69, 9.17) is 4.74 Å². The third-order valence-electron chi connectivity index (χ3n) is 4.93. The molecule has 2 heterocycles. The number of para-hydroxylation sites is 1. The number of amides is 1. The van der Waals surface area contributed by atoms with Gasteiger partial charge in [-0.3, -0.25) is 9.78 Å². The number of nitrogens with zero attached hydrogens (tertiary/aromatic N) is 2. The van der Waals surface area contributed by atoms with E-state index in [0.717, 1.165) is 18.4 Å². The Morgan fingerprint density at radius 3 is 2.48 bits per heavy atom. The lowest BCUT2D eigenvalue weighted by molar-refractivity contribution is -0.152. The predicted molar refractivity (Wildman–Crippen MR) is 101 cm³/mol. The van der Waals surface area contributed by atoms with E-state index in [2.05, 4.69) is 4.98 Å². The van der Waals surface area contributed by atoms with Gasteiger partial charge in [0.25, 0.3) is 5.91 Å². The first kappa shape index (κ1) is 18.9. The van der Waals surface area contributed by atoms with E-state index in [1.807, 2.05) is 29.2 Å². The number of carbonyl (C=O) groups is 2. The molecule has 1 aliphatic rings. The Morgan fingerprint density at radius 1 is 1.15 bits per heavy atom. The summed E-state index contributed by atoms with van der Waals surface area (Å²) in [6.07, 6.45) is 4.85. The second-order valence-corrected chi connectivity index (χ2v) is 7.26. The van der Waals surface area contributed by atoms with Crippen LogP contribution in [0.3, 0.4) is 0 Å². The van der Waals surface area contributed by atoms with Crippen molar-refractivity contribution in [3.8, 4) is 5.75 Å². The fraction of sp³-hybridized carbons (Fsp3) is 0.381. The Morgan fingerprint density at radius 2 is 1.85 bits per heavy atom. The molecule has 6 heteroatoms. The smallest absolute Gasteiger partial charge is 0.347 e. The summed E-state index contributed by atoms with van der Waals surface area (Å²) in [4.78, 5) is 29.8. The molecule has 1 aliphatic heterocycles. The minimum Gasteiger partial charge on any atom is -0.478 e. The van der Waals surface area contributed by atoms with Crippen molar-refractivity contribution in [2.45, 2.75) is 38.2 Å². The van der Waals surface area contributed by atoms with Gasteiger partial charge in [0.1, 0.15) is 5.75 Å². The number of carboxylic acids is 1. The maximum atomic E-state index is 12.6. The highest BCUT2D eigenvalue weighted by molar-refractivity contribution is 5.93. The van der Waals surface area contributed by atoms with Crippen LogP contribution >= 0.6 is 0 Å². The lowest BCUT2D eigenvalue weighted by Gasteiger charge is -2.33. The molecule has 27 heavy (non-hydrogen) atoms.